The fraction of sp³-hybridized carbons (Fsp3) is 0.435. The van der Waals surface area contributed by atoms with Crippen molar-refractivity contribution in [1.29, 1.82) is 0 Å². The Morgan fingerprint density at radius 3 is 2.30 bits per heavy atom. The number of methoxy groups -OCH3 is 2. The lowest BCUT2D eigenvalue weighted by Gasteiger charge is -2.36. The molecule has 180 valence electrons. The Kier molecular flexibility index (Phi) is 6.72. The molecule has 0 unspecified atom stereocenters. The molecule has 0 aliphatic rings. The SMILES string of the molecule is CCc1ccc(OC)c(S(=O)(=O)Nc2noc3cc(O[Si](C)(C)C(C)(C)C)cc(OC)c23)c1. The quantitative estimate of drug-likeness (QED) is 0.409. The van der Waals surface area contributed by atoms with Crippen LogP contribution in [0, 0.1) is 0 Å². The van der Waals surface area contributed by atoms with Gasteiger partial charge in [-0.15, -0.1) is 0 Å². The highest BCUT2D eigenvalue weighted by atomic mass is 32.2. The minimum atomic E-state index is -4.01. The molecule has 0 amide bonds. The molecule has 1 aromatic heterocycles. The van der Waals surface area contributed by atoms with Crippen LogP contribution < -0.4 is 18.6 Å². The third-order valence-corrected chi connectivity index (χ3v) is 11.8. The fourth-order valence-electron chi connectivity index (χ4n) is 3.08. The largest absolute Gasteiger partial charge is 0.543 e. The van der Waals surface area contributed by atoms with Crippen molar-refractivity contribution in [2.75, 3.05) is 18.9 Å². The predicted molar refractivity (Wildman–Crippen MR) is 132 cm³/mol. The molecular weight excluding hydrogens is 460 g/mol. The van der Waals surface area contributed by atoms with Gasteiger partial charge in [-0.25, -0.2) is 8.42 Å². The number of aromatic nitrogens is 1. The maximum Gasteiger partial charge on any atom is 0.266 e. The lowest BCUT2D eigenvalue weighted by molar-refractivity contribution is 0.402. The van der Waals surface area contributed by atoms with Gasteiger partial charge in [0.15, 0.2) is 11.4 Å². The molecule has 0 atom stereocenters. The predicted octanol–water partition coefficient (Wildman–Crippen LogP) is 5.59. The number of benzene rings is 2. The van der Waals surface area contributed by atoms with Crippen molar-refractivity contribution in [3.8, 4) is 17.2 Å². The molecule has 0 saturated carbocycles. The van der Waals surface area contributed by atoms with Crippen molar-refractivity contribution in [2.24, 2.45) is 0 Å². The molecule has 33 heavy (non-hydrogen) atoms. The van der Waals surface area contributed by atoms with Gasteiger partial charge in [0.1, 0.15) is 27.5 Å². The molecule has 0 spiro atoms. The Labute approximate surface area is 196 Å². The number of nitrogens with zero attached hydrogens (tertiary/aromatic N) is 1. The van der Waals surface area contributed by atoms with Crippen LogP contribution >= 0.6 is 0 Å². The second-order valence-electron chi connectivity index (χ2n) is 9.34. The van der Waals surface area contributed by atoms with E-state index in [1.165, 1.54) is 14.2 Å². The topological polar surface area (TPSA) is 99.9 Å². The van der Waals surface area contributed by atoms with Crippen LogP contribution in [0.3, 0.4) is 0 Å². The number of sulfonamides is 1. The van der Waals surface area contributed by atoms with E-state index in [1.54, 1.807) is 24.3 Å². The van der Waals surface area contributed by atoms with E-state index in [0.29, 0.717) is 28.9 Å². The molecule has 3 aromatic rings. The van der Waals surface area contributed by atoms with Crippen molar-refractivity contribution < 1.29 is 26.8 Å². The van der Waals surface area contributed by atoms with Crippen molar-refractivity contribution in [2.45, 2.75) is 57.1 Å². The van der Waals surface area contributed by atoms with Gasteiger partial charge in [0.25, 0.3) is 10.0 Å². The first-order valence-corrected chi connectivity index (χ1v) is 15.1. The third kappa shape index (κ3) is 4.96. The van der Waals surface area contributed by atoms with Gasteiger partial charge >= 0.3 is 0 Å². The molecule has 2 aromatic carbocycles. The van der Waals surface area contributed by atoms with E-state index in [2.05, 4.69) is 43.7 Å². The first-order valence-electron chi connectivity index (χ1n) is 10.7. The van der Waals surface area contributed by atoms with E-state index in [0.717, 1.165) is 5.56 Å². The Balaban J connectivity index is 2.04. The molecule has 0 bridgehead atoms. The molecule has 1 heterocycles. The average molecular weight is 493 g/mol. The summed E-state index contributed by atoms with van der Waals surface area (Å²) in [6.45, 7) is 12.7. The van der Waals surface area contributed by atoms with Crippen LogP contribution in [-0.4, -0.2) is 36.1 Å². The van der Waals surface area contributed by atoms with Crippen LogP contribution in [0.2, 0.25) is 18.1 Å². The lowest BCUT2D eigenvalue weighted by atomic mass is 10.2. The number of rotatable bonds is 8. The Hall–Kier alpha value is -2.72. The molecule has 3 rings (SSSR count). The summed E-state index contributed by atoms with van der Waals surface area (Å²) in [6.07, 6.45) is 0.685. The molecule has 10 heteroatoms. The molecule has 8 nitrogen and oxygen atoms in total. The summed E-state index contributed by atoms with van der Waals surface area (Å²) in [7, 11) is -3.18. The molecule has 0 saturated heterocycles. The first kappa shape index (κ1) is 24.9. The summed E-state index contributed by atoms with van der Waals surface area (Å²) in [5, 5.41) is 4.38. The number of ether oxygens (including phenoxy) is 2. The maximum absolute atomic E-state index is 13.2. The molecule has 0 fully saturated rings. The Bertz CT molecular complexity index is 1260. The van der Waals surface area contributed by atoms with Crippen LogP contribution in [0.25, 0.3) is 11.0 Å². The summed E-state index contributed by atoms with van der Waals surface area (Å²) < 4.78 is 51.6. The van der Waals surface area contributed by atoms with Crippen molar-refractivity contribution in [1.82, 2.24) is 5.16 Å². The number of hydrogen-bond donors (Lipinski definition) is 1. The Morgan fingerprint density at radius 1 is 1.06 bits per heavy atom. The van der Waals surface area contributed by atoms with Crippen LogP contribution in [0.15, 0.2) is 39.8 Å². The average Bonchev–Trinajstić information content (AvgIpc) is 3.13. The monoisotopic (exact) mass is 492 g/mol. The maximum atomic E-state index is 13.2. The van der Waals surface area contributed by atoms with Crippen molar-refractivity contribution in [3.63, 3.8) is 0 Å². The van der Waals surface area contributed by atoms with Gasteiger partial charge in [-0.2, -0.15) is 0 Å². The molecular formula is C23H32N2O6SSi. The minimum absolute atomic E-state index is 0.00346. The summed E-state index contributed by atoms with van der Waals surface area (Å²) >= 11 is 0. The summed E-state index contributed by atoms with van der Waals surface area (Å²) in [6, 6.07) is 8.50. The summed E-state index contributed by atoms with van der Waals surface area (Å²) in [5.74, 6) is 1.26. The number of nitrogens with one attached hydrogen (secondary N) is 1. The van der Waals surface area contributed by atoms with E-state index in [1.807, 2.05) is 13.0 Å². The van der Waals surface area contributed by atoms with E-state index >= 15 is 0 Å². The zero-order chi connectivity index (χ0) is 24.6. The highest BCUT2D eigenvalue weighted by Gasteiger charge is 2.39. The van der Waals surface area contributed by atoms with Crippen molar-refractivity contribution >= 4 is 35.1 Å². The van der Waals surface area contributed by atoms with Crippen molar-refractivity contribution in [3.05, 3.63) is 35.9 Å². The molecule has 0 radical (unpaired) electrons. The number of hydrogen-bond acceptors (Lipinski definition) is 7. The van der Waals surface area contributed by atoms with Gasteiger partial charge in [-0.1, -0.05) is 38.9 Å². The standard InChI is InChI=1S/C23H32N2O6SSi/c1-9-15-10-11-17(28-5)20(12-15)32(26,27)25-22-21-18(29-6)13-16(14-19(21)30-24-22)31-33(7,8)23(2,3)4/h10-14H,9H2,1-8H3,(H,24,25). The van der Waals surface area contributed by atoms with Crippen LogP contribution in [0.1, 0.15) is 33.3 Å². The number of fused-ring (bicyclic) bond motifs is 1. The van der Waals surface area contributed by atoms with Gasteiger partial charge in [0, 0.05) is 12.1 Å². The lowest BCUT2D eigenvalue weighted by Crippen LogP contribution is -2.43. The molecule has 0 aliphatic carbocycles. The van der Waals surface area contributed by atoms with E-state index in [4.69, 9.17) is 18.4 Å². The number of anilines is 1. The van der Waals surface area contributed by atoms with E-state index < -0.39 is 18.3 Å². The molecule has 1 N–H and O–H groups in total. The zero-order valence-electron chi connectivity index (χ0n) is 20.4. The smallest absolute Gasteiger partial charge is 0.266 e. The highest BCUT2D eigenvalue weighted by molar-refractivity contribution is 7.92. The second-order valence-corrected chi connectivity index (χ2v) is 15.7. The first-order chi connectivity index (χ1) is 15.3. The van der Waals surface area contributed by atoms with Crippen LogP contribution in [0.5, 0.6) is 17.2 Å². The summed E-state index contributed by atoms with van der Waals surface area (Å²) in [4.78, 5) is 0.0253. The van der Waals surface area contributed by atoms with Crippen LogP contribution in [0.4, 0.5) is 5.82 Å². The summed E-state index contributed by atoms with van der Waals surface area (Å²) in [5.41, 5.74) is 1.22. The zero-order valence-corrected chi connectivity index (χ0v) is 22.2. The second kappa shape index (κ2) is 8.90. The molecule has 0 aliphatic heterocycles. The van der Waals surface area contributed by atoms with E-state index in [9.17, 15) is 8.42 Å². The van der Waals surface area contributed by atoms with Crippen LogP contribution in [-0.2, 0) is 16.4 Å². The van der Waals surface area contributed by atoms with Gasteiger partial charge in [-0.05, 0) is 42.2 Å². The Morgan fingerprint density at radius 2 is 1.73 bits per heavy atom. The normalized spacial score (nSPS) is 12.6. The fourth-order valence-corrected chi connectivity index (χ4v) is 5.32. The van der Waals surface area contributed by atoms with Gasteiger partial charge in [-0.3, -0.25) is 4.72 Å². The third-order valence-electron chi connectivity index (χ3n) is 6.07. The number of aryl methyl sites for hydroxylation is 1. The highest BCUT2D eigenvalue weighted by Crippen LogP contribution is 2.41. The van der Waals surface area contributed by atoms with E-state index in [-0.39, 0.29) is 21.5 Å². The van der Waals surface area contributed by atoms with Gasteiger partial charge in [0.2, 0.25) is 8.32 Å². The van der Waals surface area contributed by atoms with Gasteiger partial charge < -0.3 is 18.4 Å². The van der Waals surface area contributed by atoms with Gasteiger partial charge in [0.05, 0.1) is 14.2 Å². The minimum Gasteiger partial charge on any atom is -0.543 e.